The van der Waals surface area contributed by atoms with E-state index in [4.69, 9.17) is 4.42 Å². The van der Waals surface area contributed by atoms with Gasteiger partial charge in [0.2, 0.25) is 5.91 Å². The minimum atomic E-state index is -0.140. The number of carbonyl (C=O) groups is 1. The molecule has 0 aliphatic carbocycles. The first-order chi connectivity index (χ1) is 11.9. The highest BCUT2D eigenvalue weighted by Gasteiger charge is 2.31. The standard InChI is InChI=1S/C20H27N3O2/c1-14(2)19-21-18(13-25-19)12-22-9-10-23(20(24)16(22)4)11-17-7-5-15(3)6-8-17/h5-8,13-14,16H,9-12H2,1-4H3/t16-/m1/s1. The van der Waals surface area contributed by atoms with E-state index in [9.17, 15) is 4.79 Å². The summed E-state index contributed by atoms with van der Waals surface area (Å²) in [5, 5.41) is 0. The van der Waals surface area contributed by atoms with E-state index in [0.717, 1.165) is 24.7 Å². The molecule has 0 spiro atoms. The molecule has 2 aromatic rings. The van der Waals surface area contributed by atoms with Crippen LogP contribution in [0.15, 0.2) is 34.9 Å². The predicted octanol–water partition coefficient (Wildman–Crippen LogP) is 3.34. The van der Waals surface area contributed by atoms with E-state index in [2.05, 4.69) is 54.9 Å². The smallest absolute Gasteiger partial charge is 0.239 e. The van der Waals surface area contributed by atoms with Crippen molar-refractivity contribution >= 4 is 5.91 Å². The van der Waals surface area contributed by atoms with Gasteiger partial charge < -0.3 is 9.32 Å². The number of amides is 1. The van der Waals surface area contributed by atoms with Gasteiger partial charge in [-0.1, -0.05) is 43.7 Å². The number of nitrogens with zero attached hydrogens (tertiary/aromatic N) is 3. The number of carbonyl (C=O) groups excluding carboxylic acids is 1. The first kappa shape index (κ1) is 17.7. The molecule has 5 heteroatoms. The lowest BCUT2D eigenvalue weighted by atomic mass is 10.1. The van der Waals surface area contributed by atoms with E-state index < -0.39 is 0 Å². The number of aromatic nitrogens is 1. The van der Waals surface area contributed by atoms with Crippen LogP contribution in [0.1, 0.15) is 49.4 Å². The normalized spacial score (nSPS) is 19.0. The zero-order valence-corrected chi connectivity index (χ0v) is 15.5. The van der Waals surface area contributed by atoms with Crippen LogP contribution in [0.5, 0.6) is 0 Å². The number of piperazine rings is 1. The van der Waals surface area contributed by atoms with Crippen LogP contribution in [0.25, 0.3) is 0 Å². The van der Waals surface area contributed by atoms with Gasteiger partial charge in [0.1, 0.15) is 6.26 Å². The van der Waals surface area contributed by atoms with Gasteiger partial charge in [-0.25, -0.2) is 4.98 Å². The fourth-order valence-corrected chi connectivity index (χ4v) is 3.13. The topological polar surface area (TPSA) is 49.6 Å². The van der Waals surface area contributed by atoms with E-state index in [0.29, 0.717) is 13.1 Å². The highest BCUT2D eigenvalue weighted by Crippen LogP contribution is 2.19. The third kappa shape index (κ3) is 4.10. The molecular formula is C20H27N3O2. The Kier molecular flexibility index (Phi) is 5.23. The van der Waals surface area contributed by atoms with Crippen LogP contribution in [0.3, 0.4) is 0 Å². The summed E-state index contributed by atoms with van der Waals surface area (Å²) in [5.74, 6) is 1.21. The molecule has 1 saturated heterocycles. The lowest BCUT2D eigenvalue weighted by molar-refractivity contribution is -0.142. The molecule has 2 heterocycles. The Morgan fingerprint density at radius 1 is 1.20 bits per heavy atom. The van der Waals surface area contributed by atoms with Crippen molar-refractivity contribution in [2.24, 2.45) is 0 Å². The van der Waals surface area contributed by atoms with Crippen LogP contribution in [0.4, 0.5) is 0 Å². The molecule has 1 atom stereocenters. The van der Waals surface area contributed by atoms with Crippen LogP contribution in [-0.4, -0.2) is 39.8 Å². The molecule has 0 N–H and O–H groups in total. The van der Waals surface area contributed by atoms with Gasteiger partial charge in [0.25, 0.3) is 0 Å². The second-order valence-corrected chi connectivity index (χ2v) is 7.22. The van der Waals surface area contributed by atoms with Crippen molar-refractivity contribution in [3.05, 3.63) is 53.2 Å². The maximum absolute atomic E-state index is 12.8. The predicted molar refractivity (Wildman–Crippen MR) is 97.1 cm³/mol. The molecule has 0 bridgehead atoms. The van der Waals surface area contributed by atoms with Gasteiger partial charge in [-0.15, -0.1) is 0 Å². The Bertz CT molecular complexity index is 721. The van der Waals surface area contributed by atoms with Crippen LogP contribution in [0, 0.1) is 6.92 Å². The number of rotatable bonds is 5. The molecule has 5 nitrogen and oxygen atoms in total. The molecular weight excluding hydrogens is 314 g/mol. The van der Waals surface area contributed by atoms with Crippen molar-refractivity contribution in [1.82, 2.24) is 14.8 Å². The Balaban J connectivity index is 1.61. The zero-order valence-electron chi connectivity index (χ0n) is 15.5. The number of oxazole rings is 1. The average Bonchev–Trinajstić information content (AvgIpc) is 3.05. The van der Waals surface area contributed by atoms with Crippen molar-refractivity contribution in [3.63, 3.8) is 0 Å². The van der Waals surface area contributed by atoms with Gasteiger partial charge in [0.05, 0.1) is 11.7 Å². The highest BCUT2D eigenvalue weighted by atomic mass is 16.3. The van der Waals surface area contributed by atoms with Gasteiger partial charge in [-0.3, -0.25) is 9.69 Å². The van der Waals surface area contributed by atoms with Crippen molar-refractivity contribution in [1.29, 1.82) is 0 Å². The summed E-state index contributed by atoms with van der Waals surface area (Å²) in [6, 6.07) is 8.25. The third-order valence-electron chi connectivity index (χ3n) is 4.80. The summed E-state index contributed by atoms with van der Waals surface area (Å²) in [5.41, 5.74) is 3.31. The molecule has 1 aliphatic rings. The van der Waals surface area contributed by atoms with E-state index in [1.807, 2.05) is 11.8 Å². The fourth-order valence-electron chi connectivity index (χ4n) is 3.13. The number of aryl methyl sites for hydroxylation is 1. The number of benzene rings is 1. The van der Waals surface area contributed by atoms with Crippen molar-refractivity contribution in [3.8, 4) is 0 Å². The second-order valence-electron chi connectivity index (χ2n) is 7.22. The summed E-state index contributed by atoms with van der Waals surface area (Å²) in [4.78, 5) is 21.4. The molecule has 0 unspecified atom stereocenters. The van der Waals surface area contributed by atoms with Crippen LogP contribution >= 0.6 is 0 Å². The molecule has 0 radical (unpaired) electrons. The first-order valence-corrected chi connectivity index (χ1v) is 8.96. The van der Waals surface area contributed by atoms with E-state index in [1.165, 1.54) is 11.1 Å². The third-order valence-corrected chi connectivity index (χ3v) is 4.80. The average molecular weight is 341 g/mol. The summed E-state index contributed by atoms with van der Waals surface area (Å²) in [6.45, 7) is 11.1. The van der Waals surface area contributed by atoms with Crippen molar-refractivity contribution in [2.75, 3.05) is 13.1 Å². The molecule has 1 amide bonds. The molecule has 1 aromatic heterocycles. The van der Waals surface area contributed by atoms with E-state index in [1.54, 1.807) is 6.26 Å². The molecule has 134 valence electrons. The quantitative estimate of drug-likeness (QED) is 0.837. The molecule has 25 heavy (non-hydrogen) atoms. The van der Waals surface area contributed by atoms with Crippen molar-refractivity contribution in [2.45, 2.75) is 52.7 Å². The van der Waals surface area contributed by atoms with Crippen LogP contribution in [-0.2, 0) is 17.9 Å². The lowest BCUT2D eigenvalue weighted by Crippen LogP contribution is -2.54. The van der Waals surface area contributed by atoms with Gasteiger partial charge in [-0.2, -0.15) is 0 Å². The minimum Gasteiger partial charge on any atom is -0.448 e. The summed E-state index contributed by atoms with van der Waals surface area (Å²) in [7, 11) is 0. The SMILES string of the molecule is Cc1ccc(CN2CCN(Cc3coc(C(C)C)n3)[C@H](C)C2=O)cc1. The molecule has 1 fully saturated rings. The highest BCUT2D eigenvalue weighted by molar-refractivity contribution is 5.82. The van der Waals surface area contributed by atoms with Gasteiger partial charge >= 0.3 is 0 Å². The maximum Gasteiger partial charge on any atom is 0.239 e. The minimum absolute atomic E-state index is 0.140. The first-order valence-electron chi connectivity index (χ1n) is 8.96. The Labute approximate surface area is 149 Å². The number of hydrogen-bond donors (Lipinski definition) is 0. The van der Waals surface area contributed by atoms with Gasteiger partial charge in [0.15, 0.2) is 5.89 Å². The maximum atomic E-state index is 12.8. The van der Waals surface area contributed by atoms with Gasteiger partial charge in [0, 0.05) is 32.1 Å². The zero-order chi connectivity index (χ0) is 18.0. The monoisotopic (exact) mass is 341 g/mol. The van der Waals surface area contributed by atoms with E-state index in [-0.39, 0.29) is 17.9 Å². The fraction of sp³-hybridized carbons (Fsp3) is 0.500. The Hall–Kier alpha value is -2.14. The van der Waals surface area contributed by atoms with Crippen LogP contribution < -0.4 is 0 Å². The largest absolute Gasteiger partial charge is 0.448 e. The Morgan fingerprint density at radius 3 is 2.56 bits per heavy atom. The summed E-state index contributed by atoms with van der Waals surface area (Å²) in [6.07, 6.45) is 1.71. The summed E-state index contributed by atoms with van der Waals surface area (Å²) >= 11 is 0. The lowest BCUT2D eigenvalue weighted by Gasteiger charge is -2.38. The summed E-state index contributed by atoms with van der Waals surface area (Å²) < 4.78 is 5.51. The van der Waals surface area contributed by atoms with E-state index >= 15 is 0 Å². The van der Waals surface area contributed by atoms with Crippen LogP contribution in [0.2, 0.25) is 0 Å². The molecule has 3 rings (SSSR count). The Morgan fingerprint density at radius 2 is 1.92 bits per heavy atom. The molecule has 1 aliphatic heterocycles. The van der Waals surface area contributed by atoms with Gasteiger partial charge in [-0.05, 0) is 19.4 Å². The molecule has 1 aromatic carbocycles. The second kappa shape index (κ2) is 7.40. The van der Waals surface area contributed by atoms with Crippen molar-refractivity contribution < 1.29 is 9.21 Å². The number of hydrogen-bond acceptors (Lipinski definition) is 4. The molecule has 0 saturated carbocycles.